The van der Waals surface area contributed by atoms with Crippen molar-refractivity contribution in [1.29, 1.82) is 0 Å². The molecule has 0 aliphatic heterocycles. The van der Waals surface area contributed by atoms with Crippen molar-refractivity contribution in [2.45, 2.75) is 26.2 Å². The largest absolute Gasteiger partial charge is 0.348 e. The second kappa shape index (κ2) is 7.51. The van der Waals surface area contributed by atoms with Gasteiger partial charge in [0.1, 0.15) is 10.7 Å². The predicted octanol–water partition coefficient (Wildman–Crippen LogP) is 1.30. The van der Waals surface area contributed by atoms with Crippen molar-refractivity contribution >= 4 is 29.4 Å². The zero-order valence-electron chi connectivity index (χ0n) is 15.9. The molecule has 0 saturated heterocycles. The summed E-state index contributed by atoms with van der Waals surface area (Å²) in [4.78, 5) is 47.7. The maximum atomic E-state index is 12.5. The second-order valence-corrected chi connectivity index (χ2v) is 7.83. The maximum absolute atomic E-state index is 12.5. The summed E-state index contributed by atoms with van der Waals surface area (Å²) in [7, 11) is 0. The maximum Gasteiger partial charge on any atom is 0.276 e. The van der Waals surface area contributed by atoms with Crippen LogP contribution in [0.5, 0.6) is 0 Å². The Morgan fingerprint density at radius 3 is 2.31 bits per heavy atom. The Kier molecular flexibility index (Phi) is 5.25. The third kappa shape index (κ3) is 4.35. The van der Waals surface area contributed by atoms with Crippen LogP contribution in [0.4, 0.5) is 5.69 Å². The monoisotopic (exact) mass is 415 g/mol. The molecule has 0 atom stereocenters. The molecule has 0 saturated carbocycles. The predicted molar refractivity (Wildman–Crippen MR) is 109 cm³/mol. The number of imidazole rings is 1. The van der Waals surface area contributed by atoms with E-state index in [4.69, 9.17) is 11.6 Å². The van der Waals surface area contributed by atoms with E-state index >= 15 is 0 Å². The van der Waals surface area contributed by atoms with Gasteiger partial charge in [0.15, 0.2) is 0 Å². The van der Waals surface area contributed by atoms with Gasteiger partial charge >= 0.3 is 0 Å². The van der Waals surface area contributed by atoms with Crippen molar-refractivity contribution in [2.75, 3.05) is 0 Å². The van der Waals surface area contributed by atoms with Crippen molar-refractivity contribution < 1.29 is 4.92 Å². The van der Waals surface area contributed by atoms with Crippen LogP contribution in [0.3, 0.4) is 0 Å². The summed E-state index contributed by atoms with van der Waals surface area (Å²) in [5, 5.41) is 11.3. The molecule has 0 bridgehead atoms. The standard InChI is InChI=1S/C19H18ClN5O4/c1-19(2,3)16-12(21-9-22-16)8-14-18(27)23-13(17(26)24-14)7-10-6-11(20)4-5-15(10)25(28)29/h4-9H,1-3H3,(H,21,22)(H,23,27)(H,24,26). The number of rotatable bonds is 3. The molecule has 9 nitrogen and oxygen atoms in total. The third-order valence-electron chi connectivity index (χ3n) is 4.17. The van der Waals surface area contributed by atoms with E-state index < -0.39 is 16.0 Å². The molecule has 0 fully saturated rings. The van der Waals surface area contributed by atoms with Gasteiger partial charge in [0.2, 0.25) is 0 Å². The molecular weight excluding hydrogens is 398 g/mol. The Morgan fingerprint density at radius 1 is 1.10 bits per heavy atom. The Bertz CT molecular complexity index is 1330. The van der Waals surface area contributed by atoms with Gasteiger partial charge in [-0.05, 0) is 24.3 Å². The highest BCUT2D eigenvalue weighted by Gasteiger charge is 2.19. The summed E-state index contributed by atoms with van der Waals surface area (Å²) in [5.74, 6) is 0. The molecule has 10 heteroatoms. The lowest BCUT2D eigenvalue weighted by molar-refractivity contribution is -0.385. The summed E-state index contributed by atoms with van der Waals surface area (Å²) in [6, 6.07) is 3.95. The number of aromatic amines is 3. The summed E-state index contributed by atoms with van der Waals surface area (Å²) < 4.78 is 0. The summed E-state index contributed by atoms with van der Waals surface area (Å²) >= 11 is 5.90. The molecule has 2 heterocycles. The topological polar surface area (TPSA) is 138 Å². The Morgan fingerprint density at radius 2 is 1.72 bits per heavy atom. The van der Waals surface area contributed by atoms with Gasteiger partial charge < -0.3 is 15.0 Å². The molecule has 1 aromatic carbocycles. The van der Waals surface area contributed by atoms with Crippen LogP contribution in [0.1, 0.15) is 37.7 Å². The molecular formula is C19H18ClN5O4. The molecule has 29 heavy (non-hydrogen) atoms. The molecule has 0 aliphatic carbocycles. The van der Waals surface area contributed by atoms with Gasteiger partial charge in [-0.1, -0.05) is 32.4 Å². The molecule has 3 N–H and O–H groups in total. The van der Waals surface area contributed by atoms with Crippen LogP contribution in [-0.2, 0) is 5.41 Å². The van der Waals surface area contributed by atoms with Crippen molar-refractivity contribution in [3.05, 3.63) is 88.0 Å². The average molecular weight is 416 g/mol. The average Bonchev–Trinajstić information content (AvgIpc) is 3.07. The molecule has 0 radical (unpaired) electrons. The first-order chi connectivity index (χ1) is 13.6. The first kappa shape index (κ1) is 20.3. The fraction of sp³-hybridized carbons (Fsp3) is 0.211. The van der Waals surface area contributed by atoms with E-state index in [0.29, 0.717) is 5.69 Å². The second-order valence-electron chi connectivity index (χ2n) is 7.40. The smallest absolute Gasteiger partial charge is 0.276 e. The minimum Gasteiger partial charge on any atom is -0.348 e. The third-order valence-corrected chi connectivity index (χ3v) is 4.41. The van der Waals surface area contributed by atoms with Gasteiger partial charge in [-0.3, -0.25) is 19.7 Å². The number of halogens is 1. The van der Waals surface area contributed by atoms with Crippen LogP contribution >= 0.6 is 11.6 Å². The molecule has 0 aliphatic rings. The van der Waals surface area contributed by atoms with Crippen LogP contribution in [0.25, 0.3) is 12.2 Å². The fourth-order valence-corrected chi connectivity index (χ4v) is 2.99. The molecule has 150 valence electrons. The quantitative estimate of drug-likeness (QED) is 0.437. The van der Waals surface area contributed by atoms with Crippen LogP contribution in [-0.4, -0.2) is 24.9 Å². The number of H-pyrrole nitrogens is 3. The lowest BCUT2D eigenvalue weighted by Gasteiger charge is -2.16. The number of nitrogens with one attached hydrogen (secondary N) is 3. The molecule has 0 spiro atoms. The Hall–Kier alpha value is -3.46. The Balaban J connectivity index is 2.19. The van der Waals surface area contributed by atoms with Crippen LogP contribution in [0.2, 0.25) is 5.02 Å². The van der Waals surface area contributed by atoms with Gasteiger partial charge in [0.05, 0.1) is 22.5 Å². The van der Waals surface area contributed by atoms with Crippen molar-refractivity contribution in [1.82, 2.24) is 19.9 Å². The van der Waals surface area contributed by atoms with Crippen LogP contribution in [0.15, 0.2) is 34.1 Å². The zero-order chi connectivity index (χ0) is 21.3. The normalized spacial score (nSPS) is 13.1. The summed E-state index contributed by atoms with van der Waals surface area (Å²) in [6.07, 6.45) is 4.20. The molecule has 2 aromatic heterocycles. The molecule has 3 rings (SSSR count). The first-order valence-corrected chi connectivity index (χ1v) is 8.98. The minimum atomic E-state index is -0.613. The number of benzene rings is 1. The number of aromatic nitrogens is 4. The van der Waals surface area contributed by atoms with E-state index in [-0.39, 0.29) is 32.4 Å². The lowest BCUT2D eigenvalue weighted by atomic mass is 9.90. The number of nitro groups is 1. The minimum absolute atomic E-state index is 0.0188. The number of hydrogen-bond acceptors (Lipinski definition) is 5. The van der Waals surface area contributed by atoms with Gasteiger partial charge in [0, 0.05) is 22.2 Å². The SMILES string of the molecule is CC(C)(C)c1[nH]cnc1C=c1[nH]c(=O)c(=Cc2cc(Cl)ccc2[N+](=O)[O-])[nH]c1=O. The van der Waals surface area contributed by atoms with Crippen LogP contribution in [0, 0.1) is 10.1 Å². The van der Waals surface area contributed by atoms with E-state index in [9.17, 15) is 19.7 Å². The number of nitrogens with zero attached hydrogens (tertiary/aromatic N) is 2. The van der Waals surface area contributed by atoms with Gasteiger partial charge in [0.25, 0.3) is 16.8 Å². The van der Waals surface area contributed by atoms with Crippen molar-refractivity contribution in [2.24, 2.45) is 0 Å². The lowest BCUT2D eigenvalue weighted by Crippen LogP contribution is -2.46. The van der Waals surface area contributed by atoms with Gasteiger partial charge in [-0.25, -0.2) is 4.98 Å². The highest BCUT2D eigenvalue weighted by atomic mass is 35.5. The highest BCUT2D eigenvalue weighted by molar-refractivity contribution is 6.30. The number of nitro benzene ring substituents is 1. The van der Waals surface area contributed by atoms with Gasteiger partial charge in [-0.2, -0.15) is 0 Å². The molecule has 0 amide bonds. The Labute approximate surface area is 169 Å². The summed E-state index contributed by atoms with van der Waals surface area (Å²) in [5.41, 5.74) is -0.223. The van der Waals surface area contributed by atoms with E-state index in [1.165, 1.54) is 36.7 Å². The van der Waals surface area contributed by atoms with E-state index in [1.807, 2.05) is 20.8 Å². The fourth-order valence-electron chi connectivity index (χ4n) is 2.81. The van der Waals surface area contributed by atoms with Crippen molar-refractivity contribution in [3.8, 4) is 0 Å². The molecule has 0 unspecified atom stereocenters. The van der Waals surface area contributed by atoms with Crippen molar-refractivity contribution in [3.63, 3.8) is 0 Å². The van der Waals surface area contributed by atoms with Gasteiger partial charge in [-0.15, -0.1) is 0 Å². The summed E-state index contributed by atoms with van der Waals surface area (Å²) in [6.45, 7) is 5.96. The highest BCUT2D eigenvalue weighted by Crippen LogP contribution is 2.23. The van der Waals surface area contributed by atoms with E-state index in [1.54, 1.807) is 0 Å². The van der Waals surface area contributed by atoms with E-state index in [0.717, 1.165) is 5.69 Å². The zero-order valence-corrected chi connectivity index (χ0v) is 16.6. The molecule has 3 aromatic rings. The first-order valence-electron chi connectivity index (χ1n) is 8.60. The van der Waals surface area contributed by atoms with Crippen LogP contribution < -0.4 is 21.8 Å². The van der Waals surface area contributed by atoms with E-state index in [2.05, 4.69) is 19.9 Å². The number of hydrogen-bond donors (Lipinski definition) is 3.